The second-order valence-corrected chi connectivity index (χ2v) is 7.41. The molecule has 0 aromatic carbocycles. The molecule has 2 aliphatic carbocycles. The summed E-state index contributed by atoms with van der Waals surface area (Å²) in [5, 5.41) is 9.28. The quantitative estimate of drug-likeness (QED) is 0.717. The summed E-state index contributed by atoms with van der Waals surface area (Å²) < 4.78 is 20.8. The van der Waals surface area contributed by atoms with Crippen LogP contribution in [0.25, 0.3) is 0 Å². The van der Waals surface area contributed by atoms with E-state index in [9.17, 15) is 19.1 Å². The maximum atomic E-state index is 14.8. The predicted molar refractivity (Wildman–Crippen MR) is 78.2 cm³/mol. The van der Waals surface area contributed by atoms with Crippen molar-refractivity contribution < 1.29 is 23.8 Å². The van der Waals surface area contributed by atoms with Crippen LogP contribution in [0.1, 0.15) is 26.2 Å². The third kappa shape index (κ3) is 2.06. The molecule has 1 saturated heterocycles. The number of hydrogen-bond acceptors (Lipinski definition) is 5. The minimum atomic E-state index is -1.25. The summed E-state index contributed by atoms with van der Waals surface area (Å²) in [7, 11) is 0. The third-order valence-corrected chi connectivity index (χ3v) is 5.96. The Balaban J connectivity index is 1.77. The first-order valence-corrected chi connectivity index (χ1v) is 8.15. The van der Waals surface area contributed by atoms with Gasteiger partial charge in [0.2, 0.25) is 0 Å². The SMILES string of the molecule is C[C@H]1COC2C3C(CC(F)C2C2(N)CC2)C(=O)C(C(=O)O)=CN31. The molecule has 3 N–H and O–H groups in total. The fourth-order valence-electron chi connectivity index (χ4n) is 4.60. The summed E-state index contributed by atoms with van der Waals surface area (Å²) in [5.74, 6) is -2.83. The molecule has 2 aliphatic heterocycles. The standard InChI is InChI=1S/C16H21FN2O4/c1-7-6-23-14-11(16(18)2-3-16)10(17)4-8-12(14)19(7)5-9(13(8)20)15(21)22/h5,7-8,10-12,14H,2-4,6,18H2,1H3,(H,21,22)/t7-,8?,10?,11?,12?,14?/m0/s1. The number of alkyl halides is 1. The largest absolute Gasteiger partial charge is 0.478 e. The molecule has 6 nitrogen and oxygen atoms in total. The average Bonchev–Trinajstić information content (AvgIpc) is 3.22. The number of Topliss-reactive ketones (excluding diaryl/α,β-unsaturated/α-hetero) is 1. The topological polar surface area (TPSA) is 92.9 Å². The van der Waals surface area contributed by atoms with Crippen LogP contribution in [0.2, 0.25) is 0 Å². The van der Waals surface area contributed by atoms with Gasteiger partial charge in [0, 0.05) is 29.6 Å². The van der Waals surface area contributed by atoms with E-state index in [1.165, 1.54) is 6.20 Å². The van der Waals surface area contributed by atoms with E-state index in [2.05, 4.69) is 0 Å². The third-order valence-electron chi connectivity index (χ3n) is 5.96. The molecule has 6 atom stereocenters. The number of nitrogens with two attached hydrogens (primary N) is 1. The van der Waals surface area contributed by atoms with Crippen molar-refractivity contribution in [3.8, 4) is 0 Å². The van der Waals surface area contributed by atoms with Crippen molar-refractivity contribution in [2.24, 2.45) is 17.6 Å². The molecule has 3 fully saturated rings. The molecular weight excluding hydrogens is 303 g/mol. The number of carbonyl (C=O) groups is 2. The van der Waals surface area contributed by atoms with Crippen molar-refractivity contribution in [2.75, 3.05) is 6.61 Å². The molecule has 2 heterocycles. The highest BCUT2D eigenvalue weighted by molar-refractivity contribution is 6.18. The number of rotatable bonds is 2. The van der Waals surface area contributed by atoms with Gasteiger partial charge in [0.1, 0.15) is 11.7 Å². The lowest BCUT2D eigenvalue weighted by molar-refractivity contribution is -0.174. The van der Waals surface area contributed by atoms with Gasteiger partial charge in [-0.1, -0.05) is 0 Å². The van der Waals surface area contributed by atoms with Crippen LogP contribution < -0.4 is 5.73 Å². The molecule has 5 unspecified atom stereocenters. The summed E-state index contributed by atoms with van der Waals surface area (Å²) in [6, 6.07) is -0.363. The molecule has 4 rings (SSSR count). The summed E-state index contributed by atoms with van der Waals surface area (Å²) in [6.45, 7) is 2.30. The number of carbonyl (C=O) groups excluding carboxylic acids is 1. The highest BCUT2D eigenvalue weighted by atomic mass is 19.1. The van der Waals surface area contributed by atoms with E-state index >= 15 is 0 Å². The number of aliphatic carboxylic acids is 1. The first-order valence-electron chi connectivity index (χ1n) is 8.15. The summed E-state index contributed by atoms with van der Waals surface area (Å²) in [5.41, 5.74) is 5.49. The molecule has 0 amide bonds. The number of morpholine rings is 1. The van der Waals surface area contributed by atoms with Gasteiger partial charge >= 0.3 is 5.97 Å². The lowest BCUT2D eigenvalue weighted by atomic mass is 9.66. The Bertz CT molecular complexity index is 603. The molecule has 0 radical (unpaired) electrons. The number of ether oxygens (including phenoxy) is 1. The minimum absolute atomic E-state index is 0.0286. The van der Waals surface area contributed by atoms with E-state index in [0.29, 0.717) is 6.61 Å². The fraction of sp³-hybridized carbons (Fsp3) is 0.750. The van der Waals surface area contributed by atoms with Gasteiger partial charge in [-0.15, -0.1) is 0 Å². The Morgan fingerprint density at radius 2 is 2.22 bits per heavy atom. The van der Waals surface area contributed by atoms with Crippen LogP contribution in [0.5, 0.6) is 0 Å². The predicted octanol–water partition coefficient (Wildman–Crippen LogP) is 0.461. The smallest absolute Gasteiger partial charge is 0.340 e. The summed E-state index contributed by atoms with van der Waals surface area (Å²) in [6.07, 6.45) is 1.31. The van der Waals surface area contributed by atoms with Crippen LogP contribution in [0.3, 0.4) is 0 Å². The highest BCUT2D eigenvalue weighted by Gasteiger charge is 2.62. The van der Waals surface area contributed by atoms with Crippen molar-refractivity contribution >= 4 is 11.8 Å². The van der Waals surface area contributed by atoms with Gasteiger partial charge in [0.25, 0.3) is 0 Å². The van der Waals surface area contributed by atoms with Gasteiger partial charge < -0.3 is 20.5 Å². The highest BCUT2D eigenvalue weighted by Crippen LogP contribution is 2.52. The minimum Gasteiger partial charge on any atom is -0.478 e. The maximum absolute atomic E-state index is 14.8. The van der Waals surface area contributed by atoms with E-state index in [0.717, 1.165) is 12.8 Å². The normalized spacial score (nSPS) is 44.4. The molecule has 0 aromatic rings. The maximum Gasteiger partial charge on any atom is 0.340 e. The first kappa shape index (κ1) is 15.1. The molecule has 126 valence electrons. The van der Waals surface area contributed by atoms with Gasteiger partial charge in [-0.05, 0) is 26.2 Å². The summed E-state index contributed by atoms with van der Waals surface area (Å²) in [4.78, 5) is 25.8. The van der Waals surface area contributed by atoms with Crippen LogP contribution in [-0.4, -0.2) is 58.3 Å². The van der Waals surface area contributed by atoms with Gasteiger partial charge in [-0.25, -0.2) is 9.18 Å². The van der Waals surface area contributed by atoms with Crippen LogP contribution in [0.15, 0.2) is 11.8 Å². The molecule has 0 bridgehead atoms. The zero-order valence-corrected chi connectivity index (χ0v) is 12.9. The van der Waals surface area contributed by atoms with Gasteiger partial charge in [0.05, 0.1) is 18.8 Å². The number of nitrogens with zero attached hydrogens (tertiary/aromatic N) is 1. The van der Waals surface area contributed by atoms with Crippen LogP contribution in [0, 0.1) is 11.8 Å². The first-order chi connectivity index (χ1) is 10.8. The molecule has 0 aromatic heterocycles. The van der Waals surface area contributed by atoms with Crippen LogP contribution in [0.4, 0.5) is 4.39 Å². The second kappa shape index (κ2) is 4.77. The van der Waals surface area contributed by atoms with Gasteiger partial charge in [0.15, 0.2) is 5.78 Å². The number of carboxylic acid groups (broad SMARTS) is 1. The lowest BCUT2D eigenvalue weighted by Gasteiger charge is -2.56. The van der Waals surface area contributed by atoms with Crippen molar-refractivity contribution in [1.29, 1.82) is 0 Å². The van der Waals surface area contributed by atoms with E-state index in [-0.39, 0.29) is 24.1 Å². The molecule has 23 heavy (non-hydrogen) atoms. The Hall–Kier alpha value is -1.47. The molecule has 2 saturated carbocycles. The lowest BCUT2D eigenvalue weighted by Crippen LogP contribution is -2.68. The van der Waals surface area contributed by atoms with E-state index in [1.54, 1.807) is 0 Å². The molecular formula is C16H21FN2O4. The monoisotopic (exact) mass is 324 g/mol. The Labute approximate surface area is 133 Å². The number of hydrogen-bond donors (Lipinski definition) is 2. The van der Waals surface area contributed by atoms with Crippen molar-refractivity contribution in [3.63, 3.8) is 0 Å². The van der Waals surface area contributed by atoms with Gasteiger partial charge in [-0.3, -0.25) is 4.79 Å². The zero-order chi connectivity index (χ0) is 16.5. The number of carboxylic acids is 1. The molecule has 0 spiro atoms. The van der Waals surface area contributed by atoms with Crippen molar-refractivity contribution in [3.05, 3.63) is 11.8 Å². The van der Waals surface area contributed by atoms with Crippen LogP contribution >= 0.6 is 0 Å². The Morgan fingerprint density at radius 1 is 1.52 bits per heavy atom. The van der Waals surface area contributed by atoms with E-state index in [4.69, 9.17) is 10.5 Å². The Morgan fingerprint density at radius 3 is 2.83 bits per heavy atom. The Kier molecular flexibility index (Phi) is 3.13. The van der Waals surface area contributed by atoms with Gasteiger partial charge in [-0.2, -0.15) is 0 Å². The second-order valence-electron chi connectivity index (χ2n) is 7.41. The number of ketones is 1. The van der Waals surface area contributed by atoms with Crippen LogP contribution in [-0.2, 0) is 14.3 Å². The van der Waals surface area contributed by atoms with E-state index < -0.39 is 41.4 Å². The van der Waals surface area contributed by atoms with E-state index in [1.807, 2.05) is 11.8 Å². The fourth-order valence-corrected chi connectivity index (χ4v) is 4.60. The van der Waals surface area contributed by atoms with Crippen molar-refractivity contribution in [2.45, 2.75) is 56.1 Å². The average molecular weight is 324 g/mol. The molecule has 7 heteroatoms. The van der Waals surface area contributed by atoms with Crippen molar-refractivity contribution in [1.82, 2.24) is 4.90 Å². The number of halogens is 1. The zero-order valence-electron chi connectivity index (χ0n) is 12.9. The molecule has 4 aliphatic rings. The summed E-state index contributed by atoms with van der Waals surface area (Å²) >= 11 is 0.